The molecule has 0 fully saturated rings. The van der Waals surface area contributed by atoms with Gasteiger partial charge in [0.1, 0.15) is 6.61 Å². The van der Waals surface area contributed by atoms with Crippen molar-refractivity contribution in [3.8, 4) is 0 Å². The number of carboxylic acids is 1. The lowest BCUT2D eigenvalue weighted by Gasteiger charge is -2.31. The third kappa shape index (κ3) is 32.7. The molecule has 2 unspecified atom stereocenters. The number of quaternary nitrogens is 1. The number of esters is 2. The fourth-order valence-electron chi connectivity index (χ4n) is 5.24. The van der Waals surface area contributed by atoms with Gasteiger partial charge in [0.25, 0.3) is 0 Å². The summed E-state index contributed by atoms with van der Waals surface area (Å²) in [5.74, 6) is -1.57. The van der Waals surface area contributed by atoms with Crippen LogP contribution >= 0.6 is 0 Å². The van der Waals surface area contributed by atoms with Crippen LogP contribution in [0.3, 0.4) is 0 Å². The Morgan fingerprint density at radius 2 is 1.08 bits per heavy atom. The summed E-state index contributed by atoms with van der Waals surface area (Å²) in [7, 11) is 5.49. The highest BCUT2D eigenvalue weighted by molar-refractivity contribution is 5.72. The maximum absolute atomic E-state index is 12.6. The monoisotopic (exact) mass is 717 g/mol. The topological polar surface area (TPSA) is 99.1 Å². The molecule has 0 rings (SSSR count). The van der Waals surface area contributed by atoms with Crippen molar-refractivity contribution in [2.75, 3.05) is 41.0 Å². The molecule has 0 amide bonds. The molecule has 1 N–H and O–H groups in total. The standard InChI is InChI=1S/C43H73NO7/c1-6-8-10-12-14-16-18-19-20-21-22-23-24-26-27-29-31-33-41(45)50-38-39(37-49-36-35-40(43(47)48)44(3,4)5)51-42(46)34-32-30-28-25-17-15-13-11-9-7-2/h13-16,19-20,22-23,26-27,39-40H,6-12,17-18,21,24-25,28-38H2,1-5H3/p+1/b15-13+,16-14+,20-19+,23-22+,27-26+. The average Bonchev–Trinajstić information content (AvgIpc) is 3.08. The molecule has 51 heavy (non-hydrogen) atoms. The first-order chi connectivity index (χ1) is 24.6. The van der Waals surface area contributed by atoms with Crippen LogP contribution in [-0.2, 0) is 28.6 Å². The molecule has 0 bridgehead atoms. The van der Waals surface area contributed by atoms with Gasteiger partial charge in [0.05, 0.1) is 34.4 Å². The molecule has 0 aliphatic rings. The van der Waals surface area contributed by atoms with Crippen molar-refractivity contribution >= 4 is 17.9 Å². The van der Waals surface area contributed by atoms with Gasteiger partial charge in [-0.25, -0.2) is 4.79 Å². The highest BCUT2D eigenvalue weighted by atomic mass is 16.6. The van der Waals surface area contributed by atoms with Crippen LogP contribution in [0.25, 0.3) is 0 Å². The summed E-state index contributed by atoms with van der Waals surface area (Å²) in [6.07, 6.45) is 39.9. The molecule has 2 atom stereocenters. The first kappa shape index (κ1) is 48.0. The molecule has 0 saturated heterocycles. The van der Waals surface area contributed by atoms with Gasteiger partial charge < -0.3 is 23.8 Å². The van der Waals surface area contributed by atoms with Crippen molar-refractivity contribution in [1.29, 1.82) is 0 Å². The lowest BCUT2D eigenvalue weighted by molar-refractivity contribution is -0.887. The van der Waals surface area contributed by atoms with Crippen LogP contribution < -0.4 is 0 Å². The molecule has 8 heteroatoms. The number of rotatable bonds is 34. The smallest absolute Gasteiger partial charge is 0.362 e. The summed E-state index contributed by atoms with van der Waals surface area (Å²) in [5.41, 5.74) is 0. The third-order valence-corrected chi connectivity index (χ3v) is 8.39. The number of unbranched alkanes of at least 4 members (excludes halogenated alkanes) is 10. The Kier molecular flexibility index (Phi) is 32.1. The van der Waals surface area contributed by atoms with Crippen molar-refractivity contribution in [2.24, 2.45) is 0 Å². The molecule has 8 nitrogen and oxygen atoms in total. The molecule has 0 saturated carbocycles. The molecule has 0 radical (unpaired) electrons. The highest BCUT2D eigenvalue weighted by Crippen LogP contribution is 2.11. The van der Waals surface area contributed by atoms with Crippen molar-refractivity contribution in [1.82, 2.24) is 0 Å². The van der Waals surface area contributed by atoms with E-state index in [9.17, 15) is 19.5 Å². The zero-order valence-electron chi connectivity index (χ0n) is 33.0. The van der Waals surface area contributed by atoms with Gasteiger partial charge in [-0.1, -0.05) is 113 Å². The number of allylic oxidation sites excluding steroid dienone is 10. The van der Waals surface area contributed by atoms with E-state index in [1.165, 1.54) is 38.5 Å². The molecule has 0 heterocycles. The van der Waals surface area contributed by atoms with Gasteiger partial charge in [-0.15, -0.1) is 0 Å². The molecular formula is C43H74NO7+. The van der Waals surface area contributed by atoms with E-state index in [1.807, 2.05) is 21.1 Å². The van der Waals surface area contributed by atoms with Crippen molar-refractivity contribution in [3.05, 3.63) is 60.8 Å². The van der Waals surface area contributed by atoms with E-state index in [4.69, 9.17) is 14.2 Å². The number of carbonyl (C=O) groups is 3. The van der Waals surface area contributed by atoms with Gasteiger partial charge in [-0.05, 0) is 70.6 Å². The highest BCUT2D eigenvalue weighted by Gasteiger charge is 2.31. The van der Waals surface area contributed by atoms with Crippen LogP contribution in [0.4, 0.5) is 0 Å². The lowest BCUT2D eigenvalue weighted by atomic mass is 10.1. The Morgan fingerprint density at radius 1 is 0.588 bits per heavy atom. The van der Waals surface area contributed by atoms with Gasteiger partial charge in [-0.3, -0.25) is 9.59 Å². The van der Waals surface area contributed by atoms with Crippen LogP contribution in [0, 0.1) is 0 Å². The average molecular weight is 717 g/mol. The maximum atomic E-state index is 12.6. The van der Waals surface area contributed by atoms with Gasteiger partial charge >= 0.3 is 17.9 Å². The normalized spacial score (nSPS) is 13.7. The van der Waals surface area contributed by atoms with Gasteiger partial charge in [-0.2, -0.15) is 0 Å². The number of nitrogens with zero attached hydrogens (tertiary/aromatic N) is 1. The number of hydrogen-bond acceptors (Lipinski definition) is 6. The quantitative estimate of drug-likeness (QED) is 0.0306. The van der Waals surface area contributed by atoms with Crippen LogP contribution in [0.2, 0.25) is 0 Å². The molecule has 0 aromatic heterocycles. The first-order valence-electron chi connectivity index (χ1n) is 19.8. The summed E-state index contributed by atoms with van der Waals surface area (Å²) >= 11 is 0. The number of carbonyl (C=O) groups excluding carboxylic acids is 2. The molecule has 0 aromatic rings. The number of ether oxygens (including phenoxy) is 3. The summed E-state index contributed by atoms with van der Waals surface area (Å²) in [6, 6.07) is -0.625. The molecule has 0 aromatic carbocycles. The minimum atomic E-state index is -0.887. The zero-order chi connectivity index (χ0) is 37.8. The molecule has 0 aliphatic heterocycles. The molecule has 0 aliphatic carbocycles. The Bertz CT molecular complexity index is 1020. The largest absolute Gasteiger partial charge is 0.477 e. The van der Waals surface area contributed by atoms with E-state index in [0.29, 0.717) is 19.3 Å². The Morgan fingerprint density at radius 3 is 1.65 bits per heavy atom. The fourth-order valence-corrected chi connectivity index (χ4v) is 5.24. The summed E-state index contributed by atoms with van der Waals surface area (Å²) in [6.45, 7) is 4.56. The summed E-state index contributed by atoms with van der Waals surface area (Å²) < 4.78 is 17.1. The van der Waals surface area contributed by atoms with Crippen molar-refractivity contribution < 1.29 is 38.2 Å². The SMILES string of the molecule is CCCC/C=C/CCCCCCC(=O)OC(COCCC(C(=O)O)[N+](C)(C)C)COC(=O)CCC/C=C/C/C=C/C/C=C/C/C=C/CCCCC. The number of likely N-dealkylation sites (N-methyl/N-ethyl adjacent to an activating group) is 1. The second-order valence-corrected chi connectivity index (χ2v) is 14.2. The van der Waals surface area contributed by atoms with E-state index in [-0.39, 0.29) is 42.7 Å². The van der Waals surface area contributed by atoms with Crippen LogP contribution in [0.5, 0.6) is 0 Å². The second kappa shape index (κ2) is 34.1. The third-order valence-electron chi connectivity index (χ3n) is 8.39. The zero-order valence-corrected chi connectivity index (χ0v) is 33.0. The van der Waals surface area contributed by atoms with Crippen molar-refractivity contribution in [2.45, 2.75) is 154 Å². The molecule has 292 valence electrons. The van der Waals surface area contributed by atoms with Gasteiger partial charge in [0.2, 0.25) is 0 Å². The van der Waals surface area contributed by atoms with E-state index in [2.05, 4.69) is 74.6 Å². The Hall–Kier alpha value is -2.97. The number of hydrogen-bond donors (Lipinski definition) is 1. The number of carboxylic acid groups (broad SMARTS) is 1. The lowest BCUT2D eigenvalue weighted by Crippen LogP contribution is -2.50. The molecular weight excluding hydrogens is 642 g/mol. The Labute approximate surface area is 311 Å². The maximum Gasteiger partial charge on any atom is 0.362 e. The van der Waals surface area contributed by atoms with E-state index in [1.54, 1.807) is 0 Å². The fraction of sp³-hybridized carbons (Fsp3) is 0.698. The van der Waals surface area contributed by atoms with Crippen molar-refractivity contribution in [3.63, 3.8) is 0 Å². The van der Waals surface area contributed by atoms with Crippen LogP contribution in [0.15, 0.2) is 60.8 Å². The predicted molar refractivity (Wildman–Crippen MR) is 211 cm³/mol. The van der Waals surface area contributed by atoms with Gasteiger partial charge in [0, 0.05) is 19.3 Å². The summed E-state index contributed by atoms with van der Waals surface area (Å²) in [4.78, 5) is 36.7. The second-order valence-electron chi connectivity index (χ2n) is 14.2. The van der Waals surface area contributed by atoms with E-state index in [0.717, 1.165) is 64.2 Å². The van der Waals surface area contributed by atoms with Crippen LogP contribution in [0.1, 0.15) is 142 Å². The minimum absolute atomic E-state index is 0.0368. The van der Waals surface area contributed by atoms with E-state index < -0.39 is 18.1 Å². The minimum Gasteiger partial charge on any atom is -0.477 e. The van der Waals surface area contributed by atoms with E-state index >= 15 is 0 Å². The predicted octanol–water partition coefficient (Wildman–Crippen LogP) is 10.2. The van der Waals surface area contributed by atoms with Crippen LogP contribution in [-0.4, -0.2) is 80.6 Å². The molecule has 0 spiro atoms. The summed E-state index contributed by atoms with van der Waals surface area (Å²) in [5, 5.41) is 9.58. The van der Waals surface area contributed by atoms with Gasteiger partial charge in [0.15, 0.2) is 12.1 Å². The Balaban J connectivity index is 4.50. The number of aliphatic carboxylic acids is 1. The first-order valence-corrected chi connectivity index (χ1v) is 19.8.